The third-order valence-corrected chi connectivity index (χ3v) is 5.93. The predicted molar refractivity (Wildman–Crippen MR) is 120 cm³/mol. The molecule has 31 heavy (non-hydrogen) atoms. The van der Waals surface area contributed by atoms with Gasteiger partial charge in [0.2, 0.25) is 0 Å². The molecule has 1 saturated heterocycles. The van der Waals surface area contributed by atoms with Gasteiger partial charge in [-0.3, -0.25) is 19.3 Å². The molecule has 0 bridgehead atoms. The average molecular weight is 430 g/mol. The minimum Gasteiger partial charge on any atom is -0.466 e. The topological polar surface area (TPSA) is 76.8 Å². The van der Waals surface area contributed by atoms with E-state index in [1.54, 1.807) is 0 Å². The van der Waals surface area contributed by atoms with E-state index in [1.165, 1.54) is 4.90 Å². The van der Waals surface area contributed by atoms with Gasteiger partial charge in [0.15, 0.2) is 0 Å². The number of carbonyl (C=O) groups excluding carboxylic acids is 3. The second-order valence-electron chi connectivity index (χ2n) is 9.04. The van der Waals surface area contributed by atoms with E-state index < -0.39 is 5.41 Å². The van der Waals surface area contributed by atoms with Crippen molar-refractivity contribution in [3.63, 3.8) is 0 Å². The van der Waals surface area contributed by atoms with Crippen molar-refractivity contribution in [1.82, 2.24) is 4.90 Å². The van der Waals surface area contributed by atoms with E-state index in [1.807, 2.05) is 61.5 Å². The Morgan fingerprint density at radius 3 is 2.19 bits per heavy atom. The summed E-state index contributed by atoms with van der Waals surface area (Å²) >= 11 is 0. The molecular formula is C25H35NO5. The molecular weight excluding hydrogens is 394 g/mol. The minimum atomic E-state index is -0.500. The average Bonchev–Trinajstić information content (AvgIpc) is 3.16. The Hall–Kier alpha value is -2.63. The maximum absolute atomic E-state index is 13.2. The van der Waals surface area contributed by atoms with Gasteiger partial charge in [0, 0.05) is 12.1 Å². The first-order valence-corrected chi connectivity index (χ1v) is 10.9. The summed E-state index contributed by atoms with van der Waals surface area (Å²) in [5.41, 5.74) is 2.83. The maximum atomic E-state index is 13.2. The van der Waals surface area contributed by atoms with Gasteiger partial charge in [-0.2, -0.15) is 0 Å². The molecule has 1 aliphatic heterocycles. The molecule has 0 N–H and O–H groups in total. The molecule has 0 spiro atoms. The fourth-order valence-electron chi connectivity index (χ4n) is 3.61. The van der Waals surface area contributed by atoms with Crippen LogP contribution in [0.4, 0.5) is 0 Å². The first-order valence-electron chi connectivity index (χ1n) is 10.9. The number of amides is 2. The molecule has 0 aromatic carbocycles. The molecule has 0 saturated carbocycles. The Morgan fingerprint density at radius 2 is 1.68 bits per heavy atom. The van der Waals surface area contributed by atoms with Crippen molar-refractivity contribution in [2.75, 3.05) is 13.2 Å². The van der Waals surface area contributed by atoms with E-state index in [4.69, 9.17) is 9.15 Å². The van der Waals surface area contributed by atoms with E-state index in [9.17, 15) is 14.4 Å². The van der Waals surface area contributed by atoms with Gasteiger partial charge in [-0.1, -0.05) is 12.5 Å². The number of allylic oxidation sites excluding steroid dienone is 2. The number of nitrogens with zero attached hydrogens (tertiary/aromatic N) is 1. The van der Waals surface area contributed by atoms with Crippen molar-refractivity contribution in [3.05, 3.63) is 39.9 Å². The summed E-state index contributed by atoms with van der Waals surface area (Å²) in [6.45, 7) is 15.5. The van der Waals surface area contributed by atoms with Crippen LogP contribution in [-0.2, 0) is 19.1 Å². The Balaban J connectivity index is 2.13. The van der Waals surface area contributed by atoms with Crippen LogP contribution in [0.5, 0.6) is 0 Å². The summed E-state index contributed by atoms with van der Waals surface area (Å²) in [6.07, 6.45) is 1.87. The van der Waals surface area contributed by atoms with Crippen molar-refractivity contribution in [2.24, 2.45) is 5.41 Å². The molecule has 1 fully saturated rings. The zero-order valence-corrected chi connectivity index (χ0v) is 20.1. The summed E-state index contributed by atoms with van der Waals surface area (Å²) in [4.78, 5) is 39.6. The normalized spacial score (nSPS) is 16.3. The van der Waals surface area contributed by atoms with Crippen molar-refractivity contribution in [3.8, 4) is 0 Å². The molecule has 0 unspecified atom stereocenters. The van der Waals surface area contributed by atoms with Gasteiger partial charge in [-0.05, 0) is 79.4 Å². The number of hydrogen-bond acceptors (Lipinski definition) is 5. The standard InChI is InChI=1S/C25H35NO5/c1-9-25(7,8)24(29)30-13-11-10-12-26-22(27)20(15(2)3)21(23(26)28)17(5)19-14-16(4)31-18(19)6/h14H,9-13H2,1-8H3/b21-17+. The number of rotatable bonds is 8. The lowest BCUT2D eigenvalue weighted by Gasteiger charge is -2.20. The van der Waals surface area contributed by atoms with E-state index >= 15 is 0 Å². The second kappa shape index (κ2) is 9.67. The number of carbonyl (C=O) groups is 3. The predicted octanol–water partition coefficient (Wildman–Crippen LogP) is 5.13. The van der Waals surface area contributed by atoms with Gasteiger partial charge in [0.1, 0.15) is 11.5 Å². The van der Waals surface area contributed by atoms with Crippen LogP contribution in [0.3, 0.4) is 0 Å². The van der Waals surface area contributed by atoms with Crippen molar-refractivity contribution >= 4 is 23.4 Å². The van der Waals surface area contributed by atoms with Crippen molar-refractivity contribution in [2.45, 2.75) is 74.7 Å². The fourth-order valence-corrected chi connectivity index (χ4v) is 3.61. The van der Waals surface area contributed by atoms with Gasteiger partial charge >= 0.3 is 5.97 Å². The van der Waals surface area contributed by atoms with Crippen LogP contribution in [0.25, 0.3) is 5.57 Å². The van der Waals surface area contributed by atoms with Crippen LogP contribution in [0.15, 0.2) is 27.2 Å². The Morgan fingerprint density at radius 1 is 1.06 bits per heavy atom. The van der Waals surface area contributed by atoms with E-state index in [2.05, 4.69) is 0 Å². The Bertz CT molecular complexity index is 941. The fraction of sp³-hybridized carbons (Fsp3) is 0.560. The molecule has 2 rings (SSSR count). The Kier molecular flexibility index (Phi) is 7.68. The lowest BCUT2D eigenvalue weighted by molar-refractivity contribution is -0.154. The molecule has 0 aliphatic carbocycles. The summed E-state index contributed by atoms with van der Waals surface area (Å²) in [6, 6.07) is 1.90. The minimum absolute atomic E-state index is 0.221. The quantitative estimate of drug-likeness (QED) is 0.248. The number of ether oxygens (including phenoxy) is 1. The van der Waals surface area contributed by atoms with Gasteiger partial charge < -0.3 is 9.15 Å². The highest BCUT2D eigenvalue weighted by atomic mass is 16.5. The molecule has 2 amide bonds. The molecule has 1 aliphatic rings. The second-order valence-corrected chi connectivity index (χ2v) is 9.04. The summed E-state index contributed by atoms with van der Waals surface area (Å²) in [7, 11) is 0. The van der Waals surface area contributed by atoms with Crippen molar-refractivity contribution < 1.29 is 23.5 Å². The maximum Gasteiger partial charge on any atom is 0.311 e. The zero-order valence-electron chi connectivity index (χ0n) is 20.1. The molecule has 0 atom stereocenters. The zero-order chi connectivity index (χ0) is 23.5. The molecule has 1 aromatic rings. The van der Waals surface area contributed by atoms with E-state index in [-0.39, 0.29) is 24.4 Å². The number of likely N-dealkylation sites (tertiary alicyclic amines) is 1. The summed E-state index contributed by atoms with van der Waals surface area (Å²) in [5.74, 6) is 0.732. The highest BCUT2D eigenvalue weighted by Crippen LogP contribution is 2.35. The van der Waals surface area contributed by atoms with Gasteiger partial charge in [-0.25, -0.2) is 0 Å². The molecule has 0 radical (unpaired) electrons. The van der Waals surface area contributed by atoms with E-state index in [0.717, 1.165) is 28.2 Å². The van der Waals surface area contributed by atoms with Crippen LogP contribution in [0.1, 0.15) is 77.9 Å². The Labute approximate surface area is 185 Å². The smallest absolute Gasteiger partial charge is 0.311 e. The van der Waals surface area contributed by atoms with Gasteiger partial charge in [-0.15, -0.1) is 0 Å². The van der Waals surface area contributed by atoms with Crippen molar-refractivity contribution in [1.29, 1.82) is 0 Å². The number of esters is 1. The summed E-state index contributed by atoms with van der Waals surface area (Å²) in [5, 5.41) is 0. The van der Waals surface area contributed by atoms with Gasteiger partial charge in [0.05, 0.1) is 23.2 Å². The third kappa shape index (κ3) is 5.17. The van der Waals surface area contributed by atoms with Crippen LogP contribution in [0, 0.1) is 19.3 Å². The lowest BCUT2D eigenvalue weighted by Crippen LogP contribution is -2.31. The van der Waals surface area contributed by atoms with Crippen LogP contribution in [0.2, 0.25) is 0 Å². The number of imide groups is 1. The lowest BCUT2D eigenvalue weighted by atomic mass is 9.91. The summed E-state index contributed by atoms with van der Waals surface area (Å²) < 4.78 is 11.0. The first-order chi connectivity index (χ1) is 14.4. The van der Waals surface area contributed by atoms with Gasteiger partial charge in [0.25, 0.3) is 11.8 Å². The first kappa shape index (κ1) is 24.6. The van der Waals surface area contributed by atoms with Crippen LogP contribution in [-0.4, -0.2) is 35.8 Å². The monoisotopic (exact) mass is 429 g/mol. The van der Waals surface area contributed by atoms with Crippen LogP contribution >= 0.6 is 0 Å². The highest BCUT2D eigenvalue weighted by Gasteiger charge is 2.40. The van der Waals surface area contributed by atoms with E-state index in [0.29, 0.717) is 37.0 Å². The SMILES string of the molecule is CCC(C)(C)C(=O)OCCCCN1C(=O)C(=C(C)C)/C(=C(/C)c2cc(C)oc2C)C1=O. The molecule has 170 valence electrons. The molecule has 2 heterocycles. The van der Waals surface area contributed by atoms with Crippen LogP contribution < -0.4 is 0 Å². The molecule has 1 aromatic heterocycles. The number of hydrogen-bond donors (Lipinski definition) is 0. The number of aryl methyl sites for hydroxylation is 2. The largest absolute Gasteiger partial charge is 0.466 e. The highest BCUT2D eigenvalue weighted by molar-refractivity contribution is 6.27. The molecule has 6 nitrogen and oxygen atoms in total. The number of unbranched alkanes of at least 4 members (excludes halogenated alkanes) is 1. The third-order valence-electron chi connectivity index (χ3n) is 5.93. The number of furan rings is 1. The molecule has 6 heteroatoms.